The molecule has 0 spiro atoms. The Morgan fingerprint density at radius 2 is 2.23 bits per heavy atom. The Kier molecular flexibility index (Phi) is 1.54. The van der Waals surface area contributed by atoms with E-state index >= 15 is 0 Å². The SMILES string of the molecule is Cc1noc(-n2cnc(O)c2C)n1. The molecule has 0 aliphatic carbocycles. The van der Waals surface area contributed by atoms with Gasteiger partial charge in [0.15, 0.2) is 5.82 Å². The van der Waals surface area contributed by atoms with Gasteiger partial charge in [0.05, 0.1) is 5.69 Å². The Morgan fingerprint density at radius 1 is 1.46 bits per heavy atom. The molecule has 0 saturated carbocycles. The predicted octanol–water partition coefficient (Wildman–Crippen LogP) is 0.578. The lowest BCUT2D eigenvalue weighted by molar-refractivity contribution is 0.396. The lowest BCUT2D eigenvalue weighted by Gasteiger charge is -1.94. The van der Waals surface area contributed by atoms with Gasteiger partial charge < -0.3 is 9.63 Å². The van der Waals surface area contributed by atoms with Gasteiger partial charge in [0.1, 0.15) is 6.33 Å². The number of hydrogen-bond acceptors (Lipinski definition) is 5. The first-order valence-electron chi connectivity index (χ1n) is 3.72. The lowest BCUT2D eigenvalue weighted by Crippen LogP contribution is -1.94. The predicted molar refractivity (Wildman–Crippen MR) is 42.6 cm³/mol. The molecule has 1 N–H and O–H groups in total. The molecule has 0 aliphatic heterocycles. The first-order valence-corrected chi connectivity index (χ1v) is 3.72. The third kappa shape index (κ3) is 1.16. The van der Waals surface area contributed by atoms with Gasteiger partial charge in [-0.1, -0.05) is 5.16 Å². The number of rotatable bonds is 1. The van der Waals surface area contributed by atoms with Crippen molar-refractivity contribution < 1.29 is 9.63 Å². The third-order valence-corrected chi connectivity index (χ3v) is 1.70. The van der Waals surface area contributed by atoms with E-state index in [0.717, 1.165) is 0 Å². The van der Waals surface area contributed by atoms with E-state index in [1.54, 1.807) is 13.8 Å². The Hall–Kier alpha value is -1.85. The zero-order chi connectivity index (χ0) is 9.42. The summed E-state index contributed by atoms with van der Waals surface area (Å²) in [7, 11) is 0. The van der Waals surface area contributed by atoms with Crippen molar-refractivity contribution in [2.45, 2.75) is 13.8 Å². The highest BCUT2D eigenvalue weighted by atomic mass is 16.5. The van der Waals surface area contributed by atoms with Gasteiger partial charge in [0.2, 0.25) is 5.88 Å². The molecule has 6 nitrogen and oxygen atoms in total. The summed E-state index contributed by atoms with van der Waals surface area (Å²) in [5.41, 5.74) is 0.573. The van der Waals surface area contributed by atoms with Crippen LogP contribution in [0.4, 0.5) is 0 Å². The van der Waals surface area contributed by atoms with Gasteiger partial charge in [-0.15, -0.1) is 0 Å². The fraction of sp³-hybridized carbons (Fsp3) is 0.286. The average Bonchev–Trinajstić information content (AvgIpc) is 2.62. The first kappa shape index (κ1) is 7.78. The minimum Gasteiger partial charge on any atom is -0.492 e. The minimum atomic E-state index is -0.0316. The van der Waals surface area contributed by atoms with Crippen molar-refractivity contribution in [3.63, 3.8) is 0 Å². The molecule has 0 amide bonds. The molecule has 68 valence electrons. The molecule has 2 heterocycles. The Morgan fingerprint density at radius 3 is 2.69 bits per heavy atom. The molecule has 2 aromatic rings. The monoisotopic (exact) mass is 180 g/mol. The summed E-state index contributed by atoms with van der Waals surface area (Å²) in [5, 5.41) is 12.8. The molecular formula is C7H8N4O2. The highest BCUT2D eigenvalue weighted by molar-refractivity contribution is 5.22. The van der Waals surface area contributed by atoms with Crippen LogP contribution in [0, 0.1) is 13.8 Å². The van der Waals surface area contributed by atoms with Gasteiger partial charge in [-0.2, -0.15) is 4.98 Å². The Labute approximate surface area is 73.8 Å². The fourth-order valence-corrected chi connectivity index (χ4v) is 0.977. The van der Waals surface area contributed by atoms with Crippen LogP contribution in [-0.2, 0) is 0 Å². The van der Waals surface area contributed by atoms with Crippen LogP contribution in [0.15, 0.2) is 10.9 Å². The average molecular weight is 180 g/mol. The van der Waals surface area contributed by atoms with Crippen LogP contribution in [-0.4, -0.2) is 24.8 Å². The fourth-order valence-electron chi connectivity index (χ4n) is 0.977. The van der Waals surface area contributed by atoms with Crippen LogP contribution >= 0.6 is 0 Å². The van der Waals surface area contributed by atoms with Gasteiger partial charge in [0.25, 0.3) is 0 Å². The highest BCUT2D eigenvalue weighted by Gasteiger charge is 2.11. The number of hydrogen-bond donors (Lipinski definition) is 1. The first-order chi connectivity index (χ1) is 6.18. The second-order valence-electron chi connectivity index (χ2n) is 2.65. The van der Waals surface area contributed by atoms with Crippen LogP contribution in [0.2, 0.25) is 0 Å². The van der Waals surface area contributed by atoms with E-state index in [9.17, 15) is 5.11 Å². The maximum atomic E-state index is 9.19. The summed E-state index contributed by atoms with van der Waals surface area (Å²) in [5.74, 6) is 0.512. The zero-order valence-corrected chi connectivity index (χ0v) is 7.22. The summed E-state index contributed by atoms with van der Waals surface area (Å²) in [6.45, 7) is 3.43. The van der Waals surface area contributed by atoms with E-state index in [1.807, 2.05) is 0 Å². The molecule has 2 aromatic heterocycles. The number of aromatic nitrogens is 4. The Bertz CT molecular complexity index is 431. The molecule has 0 radical (unpaired) electrons. The van der Waals surface area contributed by atoms with Gasteiger partial charge in [-0.05, 0) is 13.8 Å². The number of nitrogens with zero attached hydrogens (tertiary/aromatic N) is 4. The van der Waals surface area contributed by atoms with Crippen LogP contribution < -0.4 is 0 Å². The van der Waals surface area contributed by atoms with Crippen molar-refractivity contribution in [3.8, 4) is 11.9 Å². The van der Waals surface area contributed by atoms with E-state index in [2.05, 4.69) is 15.1 Å². The topological polar surface area (TPSA) is 77.0 Å². The smallest absolute Gasteiger partial charge is 0.333 e. The van der Waals surface area contributed by atoms with Crippen LogP contribution in [0.3, 0.4) is 0 Å². The van der Waals surface area contributed by atoms with Crippen molar-refractivity contribution in [2.24, 2.45) is 0 Å². The Balaban J connectivity index is 2.52. The number of imidazole rings is 1. The van der Waals surface area contributed by atoms with Gasteiger partial charge in [-0.25, -0.2) is 4.98 Å². The molecule has 0 bridgehead atoms. The molecule has 2 rings (SSSR count). The van der Waals surface area contributed by atoms with Crippen molar-refractivity contribution in [1.82, 2.24) is 19.7 Å². The molecule has 0 fully saturated rings. The zero-order valence-electron chi connectivity index (χ0n) is 7.22. The van der Waals surface area contributed by atoms with Gasteiger partial charge >= 0.3 is 6.01 Å². The third-order valence-electron chi connectivity index (χ3n) is 1.70. The second kappa shape index (κ2) is 2.58. The molecule has 6 heteroatoms. The van der Waals surface area contributed by atoms with Crippen LogP contribution in [0.5, 0.6) is 5.88 Å². The van der Waals surface area contributed by atoms with Gasteiger partial charge in [0, 0.05) is 0 Å². The maximum absolute atomic E-state index is 9.19. The normalized spacial score (nSPS) is 10.6. The second-order valence-corrected chi connectivity index (χ2v) is 2.65. The molecule has 0 aromatic carbocycles. The quantitative estimate of drug-likeness (QED) is 0.694. The minimum absolute atomic E-state index is 0.0316. The largest absolute Gasteiger partial charge is 0.492 e. The van der Waals surface area contributed by atoms with Crippen LogP contribution in [0.25, 0.3) is 6.01 Å². The molecule has 0 saturated heterocycles. The van der Waals surface area contributed by atoms with Crippen LogP contribution in [0.1, 0.15) is 11.5 Å². The summed E-state index contributed by atoms with van der Waals surface area (Å²) in [4.78, 5) is 7.68. The summed E-state index contributed by atoms with van der Waals surface area (Å²) < 4.78 is 6.42. The molecule has 0 atom stereocenters. The lowest BCUT2D eigenvalue weighted by atomic mass is 10.5. The molecule has 13 heavy (non-hydrogen) atoms. The number of aromatic hydroxyl groups is 1. The summed E-state index contributed by atoms with van der Waals surface area (Å²) in [6.07, 6.45) is 1.43. The van der Waals surface area contributed by atoms with Crippen molar-refractivity contribution >= 4 is 0 Å². The number of aryl methyl sites for hydroxylation is 1. The highest BCUT2D eigenvalue weighted by Crippen LogP contribution is 2.16. The van der Waals surface area contributed by atoms with E-state index in [-0.39, 0.29) is 5.88 Å². The van der Waals surface area contributed by atoms with Gasteiger partial charge in [-0.3, -0.25) is 4.57 Å². The molecule has 0 aliphatic rings. The summed E-state index contributed by atoms with van der Waals surface area (Å²) >= 11 is 0. The molecule has 0 unspecified atom stereocenters. The maximum Gasteiger partial charge on any atom is 0.333 e. The van der Waals surface area contributed by atoms with E-state index in [1.165, 1.54) is 10.9 Å². The molecular weight excluding hydrogens is 172 g/mol. The van der Waals surface area contributed by atoms with E-state index in [0.29, 0.717) is 17.5 Å². The summed E-state index contributed by atoms with van der Waals surface area (Å²) in [6, 6.07) is 0.308. The van der Waals surface area contributed by atoms with E-state index < -0.39 is 0 Å². The van der Waals surface area contributed by atoms with Crippen molar-refractivity contribution in [3.05, 3.63) is 17.8 Å². The standard InChI is InChI=1S/C7H8N4O2/c1-4-6(12)8-3-11(4)7-9-5(2)10-13-7/h3,12H,1-2H3. The van der Waals surface area contributed by atoms with Crippen molar-refractivity contribution in [1.29, 1.82) is 0 Å². The van der Waals surface area contributed by atoms with Crippen molar-refractivity contribution in [2.75, 3.05) is 0 Å². The van der Waals surface area contributed by atoms with E-state index in [4.69, 9.17) is 4.52 Å².